The Kier molecular flexibility index (Phi) is 10.9. The molecule has 1 N–H and O–H groups in total. The highest BCUT2D eigenvalue weighted by atomic mass is 32.2. The number of nitrogens with one attached hydrogen (secondary N) is 1. The highest BCUT2D eigenvalue weighted by molar-refractivity contribution is 7.92. The molecule has 0 saturated heterocycles. The largest absolute Gasteiger partial charge is 0.494 e. The minimum atomic E-state index is -4.14. The minimum absolute atomic E-state index is 0.0394. The second kappa shape index (κ2) is 14.6. The van der Waals surface area contributed by atoms with Gasteiger partial charge in [0.25, 0.3) is 10.0 Å². The van der Waals surface area contributed by atoms with Gasteiger partial charge in [-0.3, -0.25) is 13.9 Å². The molecule has 0 bridgehead atoms. The number of aryl methyl sites for hydroxylation is 2. The normalized spacial score (nSPS) is 14.5. The van der Waals surface area contributed by atoms with Gasteiger partial charge in [-0.05, 0) is 82.5 Å². The molecule has 0 heterocycles. The standard InChI is InChI=1S/C34H43N3O5S/c1-5-42-31-19-21-32(22-20-31)43(40,41)37(30-17-13-26(3)14-18-30)24-33(38)36(23-28-15-11-25(2)12-16-28)27(4)34(39)35-29-9-7-6-8-10-29/h11-22,27,29H,5-10,23-24H2,1-4H3,(H,35,39)/t27-/m0/s1. The van der Waals surface area contributed by atoms with Crippen LogP contribution in [0.15, 0.2) is 77.7 Å². The monoisotopic (exact) mass is 605 g/mol. The zero-order valence-electron chi connectivity index (χ0n) is 25.6. The van der Waals surface area contributed by atoms with Crippen LogP contribution in [0.3, 0.4) is 0 Å². The lowest BCUT2D eigenvalue weighted by atomic mass is 9.95. The van der Waals surface area contributed by atoms with Crippen LogP contribution in [0.2, 0.25) is 0 Å². The molecule has 3 aromatic carbocycles. The van der Waals surface area contributed by atoms with Crippen LogP contribution in [0.5, 0.6) is 5.75 Å². The van der Waals surface area contributed by atoms with Crippen molar-refractivity contribution in [1.29, 1.82) is 0 Å². The number of hydrogen-bond donors (Lipinski definition) is 1. The summed E-state index contributed by atoms with van der Waals surface area (Å²) in [6.07, 6.45) is 5.15. The molecule has 1 aliphatic rings. The minimum Gasteiger partial charge on any atom is -0.494 e. The fourth-order valence-corrected chi connectivity index (χ4v) is 6.70. The third kappa shape index (κ3) is 8.38. The lowest BCUT2D eigenvalue weighted by molar-refractivity contribution is -0.139. The van der Waals surface area contributed by atoms with Crippen molar-refractivity contribution in [3.8, 4) is 5.75 Å². The molecule has 2 amide bonds. The number of rotatable bonds is 12. The van der Waals surface area contributed by atoms with Crippen LogP contribution in [-0.2, 0) is 26.2 Å². The second-order valence-corrected chi connectivity index (χ2v) is 13.1. The van der Waals surface area contributed by atoms with Gasteiger partial charge in [-0.2, -0.15) is 0 Å². The van der Waals surface area contributed by atoms with E-state index in [9.17, 15) is 18.0 Å². The van der Waals surface area contributed by atoms with Crippen LogP contribution in [0.1, 0.15) is 62.6 Å². The van der Waals surface area contributed by atoms with Gasteiger partial charge in [0.2, 0.25) is 11.8 Å². The van der Waals surface area contributed by atoms with E-state index >= 15 is 0 Å². The van der Waals surface area contributed by atoms with E-state index in [1.807, 2.05) is 57.2 Å². The lowest BCUT2D eigenvalue weighted by Gasteiger charge is -2.33. The zero-order chi connectivity index (χ0) is 31.0. The summed E-state index contributed by atoms with van der Waals surface area (Å²) in [5, 5.41) is 3.14. The fraction of sp³-hybridized carbons (Fsp3) is 0.412. The van der Waals surface area contributed by atoms with Gasteiger partial charge in [-0.25, -0.2) is 8.42 Å². The summed E-state index contributed by atoms with van der Waals surface area (Å²) in [5.74, 6) is -0.146. The van der Waals surface area contributed by atoms with Crippen molar-refractivity contribution in [2.75, 3.05) is 17.5 Å². The average Bonchev–Trinajstić information content (AvgIpc) is 3.00. The topological polar surface area (TPSA) is 96.0 Å². The van der Waals surface area contributed by atoms with E-state index in [1.54, 1.807) is 31.2 Å². The lowest BCUT2D eigenvalue weighted by Crippen LogP contribution is -2.53. The number of sulfonamides is 1. The summed E-state index contributed by atoms with van der Waals surface area (Å²) in [7, 11) is -4.14. The maximum atomic E-state index is 14.1. The van der Waals surface area contributed by atoms with Gasteiger partial charge in [0.05, 0.1) is 17.2 Å². The van der Waals surface area contributed by atoms with E-state index < -0.39 is 28.5 Å². The van der Waals surface area contributed by atoms with E-state index in [-0.39, 0.29) is 23.4 Å². The molecule has 0 aliphatic heterocycles. The average molecular weight is 606 g/mol. The molecule has 1 aliphatic carbocycles. The molecule has 3 aromatic rings. The molecule has 43 heavy (non-hydrogen) atoms. The fourth-order valence-electron chi connectivity index (χ4n) is 5.28. The van der Waals surface area contributed by atoms with Gasteiger partial charge >= 0.3 is 0 Å². The van der Waals surface area contributed by atoms with E-state index in [4.69, 9.17) is 4.74 Å². The number of benzene rings is 3. The molecular weight excluding hydrogens is 562 g/mol. The number of hydrogen-bond acceptors (Lipinski definition) is 5. The summed E-state index contributed by atoms with van der Waals surface area (Å²) in [6.45, 7) is 7.62. The van der Waals surface area contributed by atoms with Crippen molar-refractivity contribution < 1.29 is 22.7 Å². The van der Waals surface area contributed by atoms with E-state index in [2.05, 4.69) is 5.32 Å². The first-order valence-electron chi connectivity index (χ1n) is 15.1. The van der Waals surface area contributed by atoms with Crippen LogP contribution in [0.4, 0.5) is 5.69 Å². The van der Waals surface area contributed by atoms with Crippen molar-refractivity contribution in [3.05, 3.63) is 89.5 Å². The number of amides is 2. The van der Waals surface area contributed by atoms with Crippen molar-refractivity contribution in [2.24, 2.45) is 0 Å². The molecule has 0 spiro atoms. The number of anilines is 1. The van der Waals surface area contributed by atoms with Crippen molar-refractivity contribution >= 4 is 27.5 Å². The Bertz CT molecular complexity index is 1470. The highest BCUT2D eigenvalue weighted by Crippen LogP contribution is 2.27. The molecule has 9 heteroatoms. The van der Waals surface area contributed by atoms with Crippen LogP contribution < -0.4 is 14.4 Å². The third-order valence-electron chi connectivity index (χ3n) is 7.92. The molecule has 1 saturated carbocycles. The van der Waals surface area contributed by atoms with Crippen LogP contribution in [0, 0.1) is 13.8 Å². The molecule has 0 unspecified atom stereocenters. The zero-order valence-corrected chi connectivity index (χ0v) is 26.4. The molecular formula is C34H43N3O5S. The summed E-state index contributed by atoms with van der Waals surface area (Å²) in [4.78, 5) is 29.1. The summed E-state index contributed by atoms with van der Waals surface area (Å²) in [6, 6.07) is 20.2. The van der Waals surface area contributed by atoms with Gasteiger partial charge in [-0.1, -0.05) is 66.8 Å². The first kappa shape index (κ1) is 32.1. The Morgan fingerprint density at radius 3 is 2.05 bits per heavy atom. The van der Waals surface area contributed by atoms with Crippen molar-refractivity contribution in [3.63, 3.8) is 0 Å². The Hall–Kier alpha value is -3.85. The molecule has 1 fully saturated rings. The number of ether oxygens (including phenoxy) is 1. The van der Waals surface area contributed by atoms with Crippen molar-refractivity contribution in [1.82, 2.24) is 10.2 Å². The maximum Gasteiger partial charge on any atom is 0.264 e. The van der Waals surface area contributed by atoms with Crippen LogP contribution >= 0.6 is 0 Å². The predicted octanol–water partition coefficient (Wildman–Crippen LogP) is 5.76. The Morgan fingerprint density at radius 2 is 1.47 bits per heavy atom. The van der Waals surface area contributed by atoms with E-state index in [1.165, 1.54) is 17.0 Å². The Labute approximate surface area is 256 Å². The first-order valence-corrected chi connectivity index (χ1v) is 16.5. The summed E-state index contributed by atoms with van der Waals surface area (Å²) >= 11 is 0. The Morgan fingerprint density at radius 1 is 0.884 bits per heavy atom. The SMILES string of the molecule is CCOc1ccc(S(=O)(=O)N(CC(=O)N(Cc2ccc(C)cc2)[C@@H](C)C(=O)NC2CCCCC2)c2ccc(C)cc2)cc1. The third-order valence-corrected chi connectivity index (χ3v) is 9.70. The molecule has 0 radical (unpaired) electrons. The van der Waals surface area contributed by atoms with E-state index in [0.717, 1.165) is 53.1 Å². The van der Waals surface area contributed by atoms with E-state index in [0.29, 0.717) is 18.0 Å². The summed E-state index contributed by atoms with van der Waals surface area (Å²) < 4.78 is 34.7. The molecule has 230 valence electrons. The number of carbonyl (C=O) groups is 2. The van der Waals surface area contributed by atoms with Gasteiger partial charge < -0.3 is 15.0 Å². The number of nitrogens with zero attached hydrogens (tertiary/aromatic N) is 2. The predicted molar refractivity (Wildman–Crippen MR) is 170 cm³/mol. The first-order chi connectivity index (χ1) is 20.6. The summed E-state index contributed by atoms with van der Waals surface area (Å²) in [5.41, 5.74) is 3.26. The van der Waals surface area contributed by atoms with Crippen molar-refractivity contribution in [2.45, 2.75) is 83.3 Å². The molecule has 0 aromatic heterocycles. The quantitative estimate of drug-likeness (QED) is 0.283. The van der Waals surface area contributed by atoms with Gasteiger partial charge in [0.1, 0.15) is 18.3 Å². The smallest absolute Gasteiger partial charge is 0.264 e. The van der Waals surface area contributed by atoms with Gasteiger partial charge in [-0.15, -0.1) is 0 Å². The van der Waals surface area contributed by atoms with Crippen LogP contribution in [-0.4, -0.2) is 50.4 Å². The number of carbonyl (C=O) groups excluding carboxylic acids is 2. The second-order valence-electron chi connectivity index (χ2n) is 11.3. The maximum absolute atomic E-state index is 14.1. The molecule has 1 atom stereocenters. The van der Waals surface area contributed by atoms with Gasteiger partial charge in [0.15, 0.2) is 0 Å². The molecule has 8 nitrogen and oxygen atoms in total. The Balaban J connectivity index is 1.66. The van der Waals surface area contributed by atoms with Crippen LogP contribution in [0.25, 0.3) is 0 Å². The van der Waals surface area contributed by atoms with Gasteiger partial charge in [0, 0.05) is 12.6 Å². The highest BCUT2D eigenvalue weighted by Gasteiger charge is 2.33. The molecule has 4 rings (SSSR count).